The number of esters is 1. The number of H-pyrrole nitrogens is 1. The van der Waals surface area contributed by atoms with Crippen LogP contribution in [0, 0.1) is 5.82 Å². The summed E-state index contributed by atoms with van der Waals surface area (Å²) < 4.78 is 19.4. The predicted octanol–water partition coefficient (Wildman–Crippen LogP) is 4.19. The molecule has 0 amide bonds. The van der Waals surface area contributed by atoms with Crippen LogP contribution in [-0.4, -0.2) is 27.8 Å². The van der Waals surface area contributed by atoms with Crippen molar-refractivity contribution in [1.82, 2.24) is 9.97 Å². The zero-order valence-electron chi connectivity index (χ0n) is 16.8. The SMILES string of the molecule is CCCSc1nc2c(c(=O)[nH]1)C(c1cccc(F)c1)C(C(=O)OC(C)C)=C(C)N2. The van der Waals surface area contributed by atoms with Gasteiger partial charge in [0.25, 0.3) is 5.56 Å². The van der Waals surface area contributed by atoms with Crippen molar-refractivity contribution in [2.24, 2.45) is 0 Å². The third-order valence-electron chi connectivity index (χ3n) is 4.41. The lowest BCUT2D eigenvalue weighted by Crippen LogP contribution is -2.32. The molecule has 29 heavy (non-hydrogen) atoms. The summed E-state index contributed by atoms with van der Waals surface area (Å²) in [5.74, 6) is -0.588. The number of nitrogens with one attached hydrogen (secondary N) is 2. The van der Waals surface area contributed by atoms with Crippen molar-refractivity contribution < 1.29 is 13.9 Å². The van der Waals surface area contributed by atoms with E-state index < -0.39 is 17.7 Å². The number of anilines is 1. The number of benzene rings is 1. The minimum absolute atomic E-state index is 0.276. The number of allylic oxidation sites excluding steroid dienone is 1. The molecule has 0 bridgehead atoms. The Morgan fingerprint density at radius 3 is 2.79 bits per heavy atom. The fourth-order valence-corrected chi connectivity index (χ4v) is 3.98. The first-order chi connectivity index (χ1) is 13.8. The molecule has 0 saturated heterocycles. The van der Waals surface area contributed by atoms with Crippen molar-refractivity contribution in [2.45, 2.75) is 51.3 Å². The van der Waals surface area contributed by atoms with E-state index in [2.05, 4.69) is 15.3 Å². The number of aromatic nitrogens is 2. The number of hydrogen-bond acceptors (Lipinski definition) is 6. The van der Waals surface area contributed by atoms with Crippen LogP contribution in [0.5, 0.6) is 0 Å². The Kier molecular flexibility index (Phi) is 6.42. The minimum atomic E-state index is -0.783. The molecule has 1 aromatic heterocycles. The lowest BCUT2D eigenvalue weighted by molar-refractivity contribution is -0.143. The molecule has 1 atom stereocenters. The van der Waals surface area contributed by atoms with E-state index in [4.69, 9.17) is 4.74 Å². The Hall–Kier alpha value is -2.61. The second-order valence-electron chi connectivity index (χ2n) is 7.09. The van der Waals surface area contributed by atoms with Gasteiger partial charge >= 0.3 is 5.97 Å². The fourth-order valence-electron chi connectivity index (χ4n) is 3.27. The average Bonchev–Trinajstić information content (AvgIpc) is 2.64. The van der Waals surface area contributed by atoms with Crippen LogP contribution in [-0.2, 0) is 9.53 Å². The summed E-state index contributed by atoms with van der Waals surface area (Å²) in [5.41, 5.74) is 1.21. The van der Waals surface area contributed by atoms with Gasteiger partial charge in [0.15, 0.2) is 5.16 Å². The van der Waals surface area contributed by atoms with Crippen LogP contribution in [0.25, 0.3) is 0 Å². The van der Waals surface area contributed by atoms with Gasteiger partial charge in [-0.15, -0.1) is 0 Å². The van der Waals surface area contributed by atoms with Crippen molar-refractivity contribution in [3.05, 3.63) is 62.8 Å². The zero-order valence-corrected chi connectivity index (χ0v) is 17.7. The van der Waals surface area contributed by atoms with Gasteiger partial charge in [-0.05, 0) is 44.9 Å². The molecule has 6 nitrogen and oxygen atoms in total. The molecule has 2 N–H and O–H groups in total. The van der Waals surface area contributed by atoms with Gasteiger partial charge in [-0.2, -0.15) is 0 Å². The Labute approximate surface area is 173 Å². The molecule has 1 aliphatic heterocycles. The highest BCUT2D eigenvalue weighted by Crippen LogP contribution is 2.40. The molecule has 2 heterocycles. The third-order valence-corrected chi connectivity index (χ3v) is 5.49. The Balaban J connectivity index is 2.19. The van der Waals surface area contributed by atoms with Gasteiger partial charge in [0.2, 0.25) is 0 Å². The average molecular weight is 418 g/mol. The number of aromatic amines is 1. The maximum absolute atomic E-state index is 14.0. The fraction of sp³-hybridized carbons (Fsp3) is 0.381. The van der Waals surface area contributed by atoms with Crippen LogP contribution in [0.15, 0.2) is 45.5 Å². The molecule has 0 spiro atoms. The van der Waals surface area contributed by atoms with Crippen molar-refractivity contribution in [2.75, 3.05) is 11.1 Å². The monoisotopic (exact) mass is 417 g/mol. The summed E-state index contributed by atoms with van der Waals surface area (Å²) in [6.45, 7) is 7.27. The van der Waals surface area contributed by atoms with Gasteiger partial charge in [-0.25, -0.2) is 14.2 Å². The number of carbonyl (C=O) groups is 1. The van der Waals surface area contributed by atoms with Crippen LogP contribution in [0.3, 0.4) is 0 Å². The summed E-state index contributed by atoms with van der Waals surface area (Å²) in [7, 11) is 0. The summed E-state index contributed by atoms with van der Waals surface area (Å²) in [6, 6.07) is 5.90. The number of carbonyl (C=O) groups excluding carboxylic acids is 1. The van der Waals surface area contributed by atoms with Crippen LogP contribution in [0.2, 0.25) is 0 Å². The molecule has 1 aromatic carbocycles. The molecular formula is C21H24FN3O3S. The highest BCUT2D eigenvalue weighted by atomic mass is 32.2. The quantitative estimate of drug-likeness (QED) is 0.416. The second kappa shape index (κ2) is 8.82. The van der Waals surface area contributed by atoms with Crippen LogP contribution >= 0.6 is 11.8 Å². The normalized spacial score (nSPS) is 15.9. The number of nitrogens with zero attached hydrogens (tertiary/aromatic N) is 1. The van der Waals surface area contributed by atoms with Crippen molar-refractivity contribution in [3.8, 4) is 0 Å². The number of ether oxygens (including phenoxy) is 1. The molecule has 0 aliphatic carbocycles. The van der Waals surface area contributed by atoms with Crippen molar-refractivity contribution >= 4 is 23.5 Å². The van der Waals surface area contributed by atoms with E-state index in [0.29, 0.717) is 22.2 Å². The van der Waals surface area contributed by atoms with Crippen LogP contribution < -0.4 is 10.9 Å². The molecule has 0 radical (unpaired) electrons. The predicted molar refractivity (Wildman–Crippen MR) is 112 cm³/mol. The topological polar surface area (TPSA) is 84.1 Å². The van der Waals surface area contributed by atoms with Crippen LogP contribution in [0.1, 0.15) is 51.2 Å². The highest BCUT2D eigenvalue weighted by molar-refractivity contribution is 7.99. The van der Waals surface area contributed by atoms with Gasteiger partial charge in [-0.3, -0.25) is 4.79 Å². The number of fused-ring (bicyclic) bond motifs is 1. The molecule has 3 rings (SSSR count). The minimum Gasteiger partial charge on any atom is -0.460 e. The lowest BCUT2D eigenvalue weighted by Gasteiger charge is -2.29. The van der Waals surface area contributed by atoms with Gasteiger partial charge in [-0.1, -0.05) is 30.8 Å². The van der Waals surface area contributed by atoms with E-state index in [1.165, 1.54) is 23.9 Å². The summed E-state index contributed by atoms with van der Waals surface area (Å²) in [4.78, 5) is 33.2. The largest absolute Gasteiger partial charge is 0.460 e. The maximum atomic E-state index is 14.0. The zero-order chi connectivity index (χ0) is 21.1. The standard InChI is InChI=1S/C21H24FN3O3S/c1-5-9-29-21-24-18-17(19(26)25-21)16(13-7-6-8-14(22)10-13)15(12(4)23-18)20(27)28-11(2)3/h6-8,10-11,16H,5,9H2,1-4H3,(H2,23,24,25,26). The molecule has 0 saturated carbocycles. The van der Waals surface area contributed by atoms with E-state index in [9.17, 15) is 14.0 Å². The molecule has 8 heteroatoms. The Morgan fingerprint density at radius 1 is 1.38 bits per heavy atom. The molecule has 154 valence electrons. The summed E-state index contributed by atoms with van der Waals surface area (Å²) in [5, 5.41) is 3.58. The van der Waals surface area contributed by atoms with Crippen molar-refractivity contribution in [1.29, 1.82) is 0 Å². The maximum Gasteiger partial charge on any atom is 0.337 e. The molecule has 1 aliphatic rings. The second-order valence-corrected chi connectivity index (χ2v) is 8.17. The smallest absolute Gasteiger partial charge is 0.337 e. The molecule has 0 fully saturated rings. The van der Waals surface area contributed by atoms with Crippen LogP contribution in [0.4, 0.5) is 10.2 Å². The van der Waals surface area contributed by atoms with Gasteiger partial charge < -0.3 is 15.0 Å². The number of hydrogen-bond donors (Lipinski definition) is 2. The number of thioether (sulfide) groups is 1. The van der Waals surface area contributed by atoms with Crippen molar-refractivity contribution in [3.63, 3.8) is 0 Å². The molecule has 1 unspecified atom stereocenters. The van der Waals surface area contributed by atoms with E-state index in [1.807, 2.05) is 6.92 Å². The first-order valence-corrected chi connectivity index (χ1v) is 10.5. The highest BCUT2D eigenvalue weighted by Gasteiger charge is 2.36. The first kappa shape index (κ1) is 21.1. The van der Waals surface area contributed by atoms with Gasteiger partial charge in [0.1, 0.15) is 11.6 Å². The Morgan fingerprint density at radius 2 is 2.14 bits per heavy atom. The summed E-state index contributed by atoms with van der Waals surface area (Å²) in [6.07, 6.45) is 0.608. The van der Waals surface area contributed by atoms with Gasteiger partial charge in [0.05, 0.1) is 23.2 Å². The third kappa shape index (κ3) is 4.53. The van der Waals surface area contributed by atoms with E-state index in [0.717, 1.165) is 12.2 Å². The van der Waals surface area contributed by atoms with Gasteiger partial charge in [0, 0.05) is 11.4 Å². The Bertz CT molecular complexity index is 1020. The molecule has 2 aromatic rings. The number of rotatable bonds is 6. The molecular weight excluding hydrogens is 393 g/mol. The lowest BCUT2D eigenvalue weighted by atomic mass is 9.82. The summed E-state index contributed by atoms with van der Waals surface area (Å²) >= 11 is 1.45. The number of halogens is 1. The van der Waals surface area contributed by atoms with E-state index in [1.54, 1.807) is 32.9 Å². The van der Waals surface area contributed by atoms with E-state index in [-0.39, 0.29) is 22.8 Å². The first-order valence-electron chi connectivity index (χ1n) is 9.53. The van der Waals surface area contributed by atoms with E-state index >= 15 is 0 Å².